The third-order valence-corrected chi connectivity index (χ3v) is 2.14. The van der Waals surface area contributed by atoms with Crippen LogP contribution in [0.2, 0.25) is 0 Å². The molecular formula is C12H16ClNO. The zero-order valence-corrected chi connectivity index (χ0v) is 9.63. The number of benzene rings is 1. The molecule has 0 spiro atoms. The quantitative estimate of drug-likeness (QED) is 0.804. The maximum atomic E-state index is 5.56. The Morgan fingerprint density at radius 1 is 1.40 bits per heavy atom. The van der Waals surface area contributed by atoms with Gasteiger partial charge in [0, 0.05) is 17.6 Å². The highest BCUT2D eigenvalue weighted by atomic mass is 35.5. The molecule has 0 saturated carbocycles. The van der Waals surface area contributed by atoms with Crippen molar-refractivity contribution in [3.05, 3.63) is 41.4 Å². The molecule has 1 N–H and O–H groups in total. The van der Waals surface area contributed by atoms with Gasteiger partial charge in [0.2, 0.25) is 0 Å². The Bertz CT molecular complexity index is 312. The van der Waals surface area contributed by atoms with E-state index >= 15 is 0 Å². The summed E-state index contributed by atoms with van der Waals surface area (Å²) in [4.78, 5) is 0. The summed E-state index contributed by atoms with van der Waals surface area (Å²) in [5, 5.41) is 3.27. The smallest absolute Gasteiger partial charge is 0.124 e. The second-order valence-corrected chi connectivity index (χ2v) is 3.31. The minimum absolute atomic E-state index is 0.507. The Morgan fingerprint density at radius 3 is 2.93 bits per heavy atom. The second kappa shape index (κ2) is 7.32. The molecule has 1 aromatic carbocycles. The molecule has 0 fully saturated rings. The molecule has 0 aliphatic carbocycles. The van der Waals surface area contributed by atoms with Gasteiger partial charge in [0.1, 0.15) is 12.4 Å². The van der Waals surface area contributed by atoms with Crippen molar-refractivity contribution >= 4 is 11.6 Å². The number of ether oxygens (including phenoxy) is 1. The van der Waals surface area contributed by atoms with Crippen LogP contribution in [0, 0.1) is 0 Å². The van der Waals surface area contributed by atoms with Gasteiger partial charge < -0.3 is 10.1 Å². The molecule has 0 amide bonds. The van der Waals surface area contributed by atoms with Gasteiger partial charge in [-0.3, -0.25) is 0 Å². The molecule has 1 rings (SSSR count). The van der Waals surface area contributed by atoms with Gasteiger partial charge in [-0.15, -0.1) is 0 Å². The van der Waals surface area contributed by atoms with Crippen molar-refractivity contribution in [2.45, 2.75) is 13.5 Å². The highest BCUT2D eigenvalue weighted by molar-refractivity contribution is 6.25. The standard InChI is InChI=1S/C12H16ClNO/c1-2-14-10-11-6-3-4-7-12(11)15-9-5-8-13/h3-8,14H,2,9-10H2,1H3/b8-5+. The normalized spacial score (nSPS) is 10.8. The molecule has 0 unspecified atom stereocenters. The van der Waals surface area contributed by atoms with Gasteiger partial charge >= 0.3 is 0 Å². The van der Waals surface area contributed by atoms with Crippen molar-refractivity contribution in [1.29, 1.82) is 0 Å². The first-order chi connectivity index (χ1) is 7.38. The summed E-state index contributed by atoms with van der Waals surface area (Å²) in [5.41, 5.74) is 2.63. The van der Waals surface area contributed by atoms with Crippen molar-refractivity contribution in [3.8, 4) is 5.75 Å². The van der Waals surface area contributed by atoms with E-state index in [4.69, 9.17) is 16.3 Å². The number of rotatable bonds is 6. The SMILES string of the molecule is CCNCc1ccccc1OC/C=C/Cl. The highest BCUT2D eigenvalue weighted by Crippen LogP contribution is 2.17. The third kappa shape index (κ3) is 4.36. The summed E-state index contributed by atoms with van der Waals surface area (Å²) in [6.45, 7) is 4.37. The first-order valence-electron chi connectivity index (χ1n) is 5.05. The lowest BCUT2D eigenvalue weighted by atomic mass is 10.2. The van der Waals surface area contributed by atoms with Crippen LogP contribution >= 0.6 is 11.6 Å². The third-order valence-electron chi connectivity index (χ3n) is 1.96. The molecule has 1 aromatic rings. The lowest BCUT2D eigenvalue weighted by molar-refractivity contribution is 0.358. The molecule has 0 atom stereocenters. The number of hydrogen-bond acceptors (Lipinski definition) is 2. The van der Waals surface area contributed by atoms with E-state index in [1.165, 1.54) is 11.1 Å². The first kappa shape index (κ1) is 12.1. The van der Waals surface area contributed by atoms with E-state index in [1.54, 1.807) is 6.08 Å². The predicted molar refractivity (Wildman–Crippen MR) is 64.3 cm³/mol. The van der Waals surface area contributed by atoms with E-state index in [0.29, 0.717) is 6.61 Å². The number of nitrogens with one attached hydrogen (secondary N) is 1. The molecule has 15 heavy (non-hydrogen) atoms. The molecule has 0 aliphatic heterocycles. The Balaban J connectivity index is 2.59. The van der Waals surface area contributed by atoms with Gasteiger partial charge in [-0.1, -0.05) is 36.7 Å². The largest absolute Gasteiger partial charge is 0.489 e. The van der Waals surface area contributed by atoms with Crippen LogP contribution < -0.4 is 10.1 Å². The fourth-order valence-corrected chi connectivity index (χ4v) is 1.30. The van der Waals surface area contributed by atoms with Crippen molar-refractivity contribution in [1.82, 2.24) is 5.32 Å². The first-order valence-corrected chi connectivity index (χ1v) is 5.48. The Kier molecular flexibility index (Phi) is 5.90. The molecule has 0 aliphatic rings. The average Bonchev–Trinajstić information content (AvgIpc) is 2.28. The summed E-state index contributed by atoms with van der Waals surface area (Å²) >= 11 is 5.42. The van der Waals surface area contributed by atoms with E-state index in [9.17, 15) is 0 Å². The zero-order valence-electron chi connectivity index (χ0n) is 8.87. The molecule has 0 saturated heterocycles. The van der Waals surface area contributed by atoms with E-state index in [-0.39, 0.29) is 0 Å². The molecule has 0 aromatic heterocycles. The van der Waals surface area contributed by atoms with E-state index in [1.807, 2.05) is 18.2 Å². The molecular weight excluding hydrogens is 210 g/mol. The van der Waals surface area contributed by atoms with Crippen LogP contribution in [-0.4, -0.2) is 13.2 Å². The molecule has 0 heterocycles. The highest BCUT2D eigenvalue weighted by Gasteiger charge is 2.00. The Morgan fingerprint density at radius 2 is 2.20 bits per heavy atom. The lowest BCUT2D eigenvalue weighted by Crippen LogP contribution is -2.12. The average molecular weight is 226 g/mol. The van der Waals surface area contributed by atoms with Crippen molar-refractivity contribution in [2.24, 2.45) is 0 Å². The number of halogens is 1. The van der Waals surface area contributed by atoms with E-state index in [2.05, 4.69) is 18.3 Å². The van der Waals surface area contributed by atoms with Crippen LogP contribution in [0.1, 0.15) is 12.5 Å². The number of para-hydroxylation sites is 1. The van der Waals surface area contributed by atoms with Crippen LogP contribution in [0.25, 0.3) is 0 Å². The maximum Gasteiger partial charge on any atom is 0.124 e. The monoisotopic (exact) mass is 225 g/mol. The fraction of sp³-hybridized carbons (Fsp3) is 0.333. The van der Waals surface area contributed by atoms with Gasteiger partial charge in [-0.25, -0.2) is 0 Å². The van der Waals surface area contributed by atoms with Gasteiger partial charge in [0.25, 0.3) is 0 Å². The predicted octanol–water partition coefficient (Wildman–Crippen LogP) is 2.93. The molecule has 82 valence electrons. The topological polar surface area (TPSA) is 21.3 Å². The van der Waals surface area contributed by atoms with Crippen LogP contribution in [0.5, 0.6) is 5.75 Å². The van der Waals surface area contributed by atoms with Crippen molar-refractivity contribution in [2.75, 3.05) is 13.2 Å². The molecule has 0 bridgehead atoms. The van der Waals surface area contributed by atoms with E-state index < -0.39 is 0 Å². The van der Waals surface area contributed by atoms with Crippen LogP contribution in [0.15, 0.2) is 35.9 Å². The summed E-state index contributed by atoms with van der Waals surface area (Å²) in [6.07, 6.45) is 1.77. The minimum atomic E-state index is 0.507. The Labute approximate surface area is 95.9 Å². The van der Waals surface area contributed by atoms with Crippen LogP contribution in [0.3, 0.4) is 0 Å². The fourth-order valence-electron chi connectivity index (χ4n) is 1.22. The molecule has 3 heteroatoms. The lowest BCUT2D eigenvalue weighted by Gasteiger charge is -2.09. The second-order valence-electron chi connectivity index (χ2n) is 3.06. The van der Waals surface area contributed by atoms with Crippen LogP contribution in [-0.2, 0) is 6.54 Å². The maximum absolute atomic E-state index is 5.56. The summed E-state index contributed by atoms with van der Waals surface area (Å²) in [6, 6.07) is 8.00. The van der Waals surface area contributed by atoms with Gasteiger partial charge in [0.15, 0.2) is 0 Å². The summed E-state index contributed by atoms with van der Waals surface area (Å²) in [7, 11) is 0. The van der Waals surface area contributed by atoms with Crippen molar-refractivity contribution < 1.29 is 4.74 Å². The molecule has 0 radical (unpaired) electrons. The van der Waals surface area contributed by atoms with Gasteiger partial charge in [-0.2, -0.15) is 0 Å². The number of hydrogen-bond donors (Lipinski definition) is 1. The summed E-state index contributed by atoms with van der Waals surface area (Å²) < 4.78 is 5.56. The zero-order chi connectivity index (χ0) is 10.9. The van der Waals surface area contributed by atoms with E-state index in [0.717, 1.165) is 18.8 Å². The van der Waals surface area contributed by atoms with Crippen LogP contribution in [0.4, 0.5) is 0 Å². The minimum Gasteiger partial charge on any atom is -0.489 e. The van der Waals surface area contributed by atoms with Crippen molar-refractivity contribution in [3.63, 3.8) is 0 Å². The van der Waals surface area contributed by atoms with Gasteiger partial charge in [-0.05, 0) is 18.7 Å². The Hall–Kier alpha value is -0.990. The van der Waals surface area contributed by atoms with Gasteiger partial charge in [0.05, 0.1) is 0 Å². The molecule has 2 nitrogen and oxygen atoms in total. The summed E-state index contributed by atoms with van der Waals surface area (Å²) in [5.74, 6) is 0.910.